The minimum absolute atomic E-state index is 0.0372. The maximum absolute atomic E-state index is 6.83. The van der Waals surface area contributed by atoms with Gasteiger partial charge in [-0.15, -0.1) is 0 Å². The molecule has 128 valence electrons. The number of ether oxygens (including phenoxy) is 1. The molecule has 0 N–H and O–H groups in total. The van der Waals surface area contributed by atoms with E-state index < -0.39 is 0 Å². The summed E-state index contributed by atoms with van der Waals surface area (Å²) in [4.78, 5) is 2.58. The standard InChI is InChI=1S/C23H25NO/c1-24-18-12-13-19(24)15-20(14-18)25-23-21-8-4-2-6-16(21)10-11-17-7-3-5-9-22(17)23/h2-11,18-20,23H,12-15H2,1H3. The maximum Gasteiger partial charge on any atom is 0.109 e. The molecule has 2 atom stereocenters. The summed E-state index contributed by atoms with van der Waals surface area (Å²) in [7, 11) is 2.29. The molecule has 0 amide bonds. The lowest BCUT2D eigenvalue weighted by atomic mass is 9.95. The molecule has 1 aliphatic carbocycles. The topological polar surface area (TPSA) is 12.5 Å². The number of hydrogen-bond donors (Lipinski definition) is 0. The van der Waals surface area contributed by atoms with Crippen LogP contribution in [0.2, 0.25) is 0 Å². The average molecular weight is 331 g/mol. The molecule has 0 aromatic heterocycles. The third-order valence-corrected chi connectivity index (χ3v) is 6.38. The van der Waals surface area contributed by atoms with E-state index in [9.17, 15) is 0 Å². The Kier molecular flexibility index (Phi) is 3.76. The molecule has 2 heteroatoms. The number of piperidine rings is 1. The Labute approximate surface area is 150 Å². The molecule has 0 saturated carbocycles. The van der Waals surface area contributed by atoms with Crippen molar-refractivity contribution in [3.05, 3.63) is 70.8 Å². The van der Waals surface area contributed by atoms with Crippen molar-refractivity contribution in [3.8, 4) is 0 Å². The van der Waals surface area contributed by atoms with E-state index in [2.05, 4.69) is 72.6 Å². The van der Waals surface area contributed by atoms with Gasteiger partial charge in [0.1, 0.15) is 6.10 Å². The zero-order valence-corrected chi connectivity index (χ0v) is 14.8. The van der Waals surface area contributed by atoms with Crippen LogP contribution >= 0.6 is 0 Å². The van der Waals surface area contributed by atoms with Crippen LogP contribution in [0.3, 0.4) is 0 Å². The molecule has 0 spiro atoms. The Bertz CT molecular complexity index is 748. The average Bonchev–Trinajstić information content (AvgIpc) is 2.82. The second-order valence-corrected chi connectivity index (χ2v) is 7.75. The largest absolute Gasteiger partial charge is 0.365 e. The summed E-state index contributed by atoms with van der Waals surface area (Å²) in [5.74, 6) is 0. The molecule has 2 bridgehead atoms. The van der Waals surface area contributed by atoms with Crippen LogP contribution in [0.4, 0.5) is 0 Å². The van der Waals surface area contributed by atoms with Gasteiger partial charge in [-0.05, 0) is 55.0 Å². The summed E-state index contributed by atoms with van der Waals surface area (Å²) in [5.41, 5.74) is 5.16. The molecule has 3 aliphatic rings. The molecule has 2 fully saturated rings. The number of rotatable bonds is 2. The van der Waals surface area contributed by atoms with E-state index in [1.807, 2.05) is 0 Å². The van der Waals surface area contributed by atoms with E-state index >= 15 is 0 Å². The van der Waals surface area contributed by atoms with Gasteiger partial charge in [0.2, 0.25) is 0 Å². The predicted octanol–water partition coefficient (Wildman–Crippen LogP) is 4.90. The minimum Gasteiger partial charge on any atom is -0.365 e. The Balaban J connectivity index is 1.51. The second-order valence-electron chi connectivity index (χ2n) is 7.75. The van der Waals surface area contributed by atoms with Crippen LogP contribution in [0, 0.1) is 0 Å². The first-order valence-corrected chi connectivity index (χ1v) is 9.53. The summed E-state index contributed by atoms with van der Waals surface area (Å²) in [6.07, 6.45) is 9.86. The fraction of sp³-hybridized carbons (Fsp3) is 0.391. The smallest absolute Gasteiger partial charge is 0.109 e. The van der Waals surface area contributed by atoms with E-state index in [1.54, 1.807) is 0 Å². The molecule has 2 aliphatic heterocycles. The second kappa shape index (κ2) is 6.12. The van der Waals surface area contributed by atoms with Crippen LogP contribution in [0.1, 0.15) is 54.0 Å². The summed E-state index contributed by atoms with van der Waals surface area (Å²) >= 11 is 0. The lowest BCUT2D eigenvalue weighted by Crippen LogP contribution is -2.43. The minimum atomic E-state index is 0.0372. The molecular formula is C23H25NO. The number of benzene rings is 2. The molecular weight excluding hydrogens is 306 g/mol. The van der Waals surface area contributed by atoms with Gasteiger partial charge < -0.3 is 9.64 Å². The zero-order valence-electron chi connectivity index (χ0n) is 14.8. The molecule has 2 heterocycles. The quantitative estimate of drug-likeness (QED) is 0.776. The van der Waals surface area contributed by atoms with Crippen LogP contribution in [0.25, 0.3) is 12.2 Å². The normalized spacial score (nSPS) is 28.4. The van der Waals surface area contributed by atoms with Gasteiger partial charge in [-0.2, -0.15) is 0 Å². The van der Waals surface area contributed by atoms with Crippen molar-refractivity contribution >= 4 is 12.2 Å². The molecule has 2 aromatic rings. The van der Waals surface area contributed by atoms with Gasteiger partial charge >= 0.3 is 0 Å². The Morgan fingerprint density at radius 3 is 1.88 bits per heavy atom. The van der Waals surface area contributed by atoms with Crippen molar-refractivity contribution in [2.45, 2.75) is 50.0 Å². The first-order valence-electron chi connectivity index (χ1n) is 9.53. The van der Waals surface area contributed by atoms with Gasteiger partial charge in [-0.3, -0.25) is 0 Å². The third-order valence-electron chi connectivity index (χ3n) is 6.38. The summed E-state index contributed by atoms with van der Waals surface area (Å²) < 4.78 is 6.83. The lowest BCUT2D eigenvalue weighted by Gasteiger charge is -2.38. The van der Waals surface area contributed by atoms with E-state index in [1.165, 1.54) is 47.9 Å². The Morgan fingerprint density at radius 2 is 1.32 bits per heavy atom. The van der Waals surface area contributed by atoms with Crippen LogP contribution < -0.4 is 0 Å². The lowest BCUT2D eigenvalue weighted by molar-refractivity contribution is -0.0427. The van der Waals surface area contributed by atoms with Crippen molar-refractivity contribution < 1.29 is 4.74 Å². The van der Waals surface area contributed by atoms with Crippen LogP contribution in [-0.4, -0.2) is 30.1 Å². The number of hydrogen-bond acceptors (Lipinski definition) is 2. The Hall–Kier alpha value is -1.90. The summed E-state index contributed by atoms with van der Waals surface area (Å²) in [5, 5.41) is 0. The van der Waals surface area contributed by atoms with Crippen molar-refractivity contribution in [3.63, 3.8) is 0 Å². The highest BCUT2D eigenvalue weighted by Crippen LogP contribution is 2.41. The highest BCUT2D eigenvalue weighted by atomic mass is 16.5. The van der Waals surface area contributed by atoms with E-state index in [-0.39, 0.29) is 6.10 Å². The van der Waals surface area contributed by atoms with Gasteiger partial charge in [0.25, 0.3) is 0 Å². The summed E-state index contributed by atoms with van der Waals surface area (Å²) in [6, 6.07) is 18.8. The van der Waals surface area contributed by atoms with Gasteiger partial charge in [0.15, 0.2) is 0 Å². The van der Waals surface area contributed by atoms with Gasteiger partial charge in [0, 0.05) is 12.1 Å². The highest BCUT2D eigenvalue weighted by Gasteiger charge is 2.40. The fourth-order valence-corrected chi connectivity index (χ4v) is 4.96. The summed E-state index contributed by atoms with van der Waals surface area (Å²) in [6.45, 7) is 0. The fourth-order valence-electron chi connectivity index (χ4n) is 4.96. The first kappa shape index (κ1) is 15.4. The van der Waals surface area contributed by atoms with E-state index in [0.29, 0.717) is 18.2 Å². The zero-order chi connectivity index (χ0) is 16.8. The van der Waals surface area contributed by atoms with E-state index in [0.717, 1.165) is 0 Å². The van der Waals surface area contributed by atoms with Crippen molar-refractivity contribution in [2.75, 3.05) is 7.05 Å². The molecule has 2 aromatic carbocycles. The molecule has 5 rings (SSSR count). The molecule has 2 nitrogen and oxygen atoms in total. The molecule has 0 radical (unpaired) electrons. The van der Waals surface area contributed by atoms with Crippen LogP contribution in [0.5, 0.6) is 0 Å². The van der Waals surface area contributed by atoms with Crippen LogP contribution in [-0.2, 0) is 4.74 Å². The van der Waals surface area contributed by atoms with Crippen molar-refractivity contribution in [1.29, 1.82) is 0 Å². The van der Waals surface area contributed by atoms with Gasteiger partial charge in [-0.1, -0.05) is 60.7 Å². The van der Waals surface area contributed by atoms with Crippen molar-refractivity contribution in [1.82, 2.24) is 4.90 Å². The number of fused-ring (bicyclic) bond motifs is 4. The number of nitrogens with zero attached hydrogens (tertiary/aromatic N) is 1. The van der Waals surface area contributed by atoms with Crippen molar-refractivity contribution in [2.24, 2.45) is 0 Å². The van der Waals surface area contributed by atoms with Gasteiger partial charge in [-0.25, -0.2) is 0 Å². The third kappa shape index (κ3) is 2.65. The van der Waals surface area contributed by atoms with Gasteiger partial charge in [0.05, 0.1) is 6.10 Å². The molecule has 2 unspecified atom stereocenters. The molecule has 25 heavy (non-hydrogen) atoms. The first-order chi connectivity index (χ1) is 12.3. The molecule has 2 saturated heterocycles. The predicted molar refractivity (Wildman–Crippen MR) is 102 cm³/mol. The SMILES string of the molecule is CN1C2CCC1CC(OC1c3ccccc3C=Cc3ccccc31)C2. The monoisotopic (exact) mass is 331 g/mol. The highest BCUT2D eigenvalue weighted by molar-refractivity contribution is 5.76. The van der Waals surface area contributed by atoms with Crippen LogP contribution in [0.15, 0.2) is 48.5 Å². The van der Waals surface area contributed by atoms with E-state index in [4.69, 9.17) is 4.74 Å². The maximum atomic E-state index is 6.83. The Morgan fingerprint density at radius 1 is 0.800 bits per heavy atom.